The topological polar surface area (TPSA) is 47.6 Å². The van der Waals surface area contributed by atoms with Gasteiger partial charge in [0, 0.05) is 6.54 Å². The van der Waals surface area contributed by atoms with E-state index in [1.165, 1.54) is 0 Å². The first-order valence-corrected chi connectivity index (χ1v) is 4.71. The summed E-state index contributed by atoms with van der Waals surface area (Å²) in [7, 11) is 0. The number of rotatable bonds is 3. The van der Waals surface area contributed by atoms with Crippen LogP contribution in [-0.2, 0) is 14.3 Å². The zero-order chi connectivity index (χ0) is 9.90. The number of hydrogen-bond acceptors (Lipinski definition) is 3. The highest BCUT2D eigenvalue weighted by Crippen LogP contribution is 2.21. The van der Waals surface area contributed by atoms with E-state index in [0.29, 0.717) is 13.2 Å². The average Bonchev–Trinajstić information content (AvgIpc) is 2.41. The highest BCUT2D eigenvalue weighted by molar-refractivity contribution is 6.27. The Kier molecular flexibility index (Phi) is 3.53. The molecule has 0 spiro atoms. The molecular formula is C8H14ClNO3. The van der Waals surface area contributed by atoms with Crippen LogP contribution in [0.3, 0.4) is 0 Å². The molecule has 1 unspecified atom stereocenters. The lowest BCUT2D eigenvalue weighted by Crippen LogP contribution is -2.35. The fraction of sp³-hybridized carbons (Fsp3) is 0.875. The van der Waals surface area contributed by atoms with Crippen LogP contribution in [0, 0.1) is 0 Å². The smallest absolute Gasteiger partial charge is 0.235 e. The van der Waals surface area contributed by atoms with Crippen molar-refractivity contribution in [1.82, 2.24) is 5.32 Å². The summed E-state index contributed by atoms with van der Waals surface area (Å²) >= 11 is 5.31. The van der Waals surface area contributed by atoms with Crippen LogP contribution < -0.4 is 5.32 Å². The predicted octanol–water partition coefficient (Wildman–Crippen LogP) is 0.493. The van der Waals surface area contributed by atoms with E-state index in [9.17, 15) is 4.79 Å². The van der Waals surface area contributed by atoms with Crippen LogP contribution in [0.25, 0.3) is 0 Å². The minimum absolute atomic E-state index is 0.0169. The molecule has 0 aliphatic carbocycles. The van der Waals surface area contributed by atoms with E-state index in [1.54, 1.807) is 0 Å². The number of nitrogens with one attached hydrogen (secondary N) is 1. The molecule has 0 bridgehead atoms. The Labute approximate surface area is 82.5 Å². The third-order valence-corrected chi connectivity index (χ3v) is 1.96. The van der Waals surface area contributed by atoms with Gasteiger partial charge < -0.3 is 14.8 Å². The highest BCUT2D eigenvalue weighted by atomic mass is 35.5. The number of alkyl halides is 1. The Bertz CT molecular complexity index is 196. The molecule has 1 aliphatic rings. The van der Waals surface area contributed by atoms with Gasteiger partial charge in [-0.05, 0) is 13.8 Å². The molecule has 1 rings (SSSR count). The van der Waals surface area contributed by atoms with E-state index >= 15 is 0 Å². The molecule has 0 radical (unpaired) electrons. The predicted molar refractivity (Wildman–Crippen MR) is 48.6 cm³/mol. The molecule has 1 saturated heterocycles. The lowest BCUT2D eigenvalue weighted by molar-refractivity contribution is -0.139. The van der Waals surface area contributed by atoms with Crippen LogP contribution in [0.2, 0.25) is 0 Å². The summed E-state index contributed by atoms with van der Waals surface area (Å²) in [6.45, 7) is 4.65. The number of hydrogen-bond donors (Lipinski definition) is 1. The van der Waals surface area contributed by atoms with Crippen LogP contribution in [0.1, 0.15) is 13.8 Å². The van der Waals surface area contributed by atoms with Gasteiger partial charge in [0.1, 0.15) is 12.0 Å². The van der Waals surface area contributed by atoms with E-state index in [1.807, 2.05) is 13.8 Å². The molecule has 13 heavy (non-hydrogen) atoms. The summed E-state index contributed by atoms with van der Waals surface area (Å²) in [6, 6.07) is 0. The minimum atomic E-state index is -0.531. The van der Waals surface area contributed by atoms with E-state index in [4.69, 9.17) is 21.1 Å². The largest absolute Gasteiger partial charge is 0.352 e. The fourth-order valence-electron chi connectivity index (χ4n) is 1.14. The Morgan fingerprint density at radius 3 is 2.85 bits per heavy atom. The van der Waals surface area contributed by atoms with Gasteiger partial charge in [0.2, 0.25) is 5.91 Å². The maximum atomic E-state index is 10.8. The van der Waals surface area contributed by atoms with E-state index in [0.717, 1.165) is 0 Å². The Morgan fingerprint density at radius 1 is 1.69 bits per heavy atom. The summed E-state index contributed by atoms with van der Waals surface area (Å²) in [6.07, 6.45) is -0.0674. The van der Waals surface area contributed by atoms with Crippen molar-refractivity contribution in [2.24, 2.45) is 0 Å². The Morgan fingerprint density at radius 2 is 2.38 bits per heavy atom. The van der Waals surface area contributed by atoms with Crippen LogP contribution in [0.15, 0.2) is 0 Å². The van der Waals surface area contributed by atoms with Crippen molar-refractivity contribution in [3.63, 3.8) is 0 Å². The summed E-state index contributed by atoms with van der Waals surface area (Å²) in [5.41, 5.74) is 0. The van der Waals surface area contributed by atoms with Gasteiger partial charge in [-0.15, -0.1) is 11.6 Å². The second-order valence-electron chi connectivity index (χ2n) is 3.39. The van der Waals surface area contributed by atoms with Gasteiger partial charge in [-0.1, -0.05) is 0 Å². The second-order valence-corrected chi connectivity index (χ2v) is 3.66. The van der Waals surface area contributed by atoms with Gasteiger partial charge in [-0.3, -0.25) is 4.79 Å². The molecule has 1 fully saturated rings. The molecule has 0 aromatic heterocycles. The zero-order valence-electron chi connectivity index (χ0n) is 7.80. The van der Waals surface area contributed by atoms with Crippen molar-refractivity contribution >= 4 is 17.5 Å². The van der Waals surface area contributed by atoms with E-state index in [2.05, 4.69) is 5.32 Å². The van der Waals surface area contributed by atoms with Crippen molar-refractivity contribution < 1.29 is 14.3 Å². The average molecular weight is 208 g/mol. The van der Waals surface area contributed by atoms with E-state index < -0.39 is 5.79 Å². The molecule has 1 atom stereocenters. The number of halogens is 1. The third kappa shape index (κ3) is 3.50. The molecule has 76 valence electrons. The van der Waals surface area contributed by atoms with Crippen LogP contribution in [-0.4, -0.2) is 36.8 Å². The minimum Gasteiger partial charge on any atom is -0.352 e. The molecular weight excluding hydrogens is 194 g/mol. The first kappa shape index (κ1) is 10.8. The van der Waals surface area contributed by atoms with Crippen molar-refractivity contribution in [3.05, 3.63) is 0 Å². The SMILES string of the molecule is CC1(C)OCC(CNC(=O)CCl)O1. The zero-order valence-corrected chi connectivity index (χ0v) is 8.56. The second kappa shape index (κ2) is 4.26. The molecule has 5 heteroatoms. The van der Waals surface area contributed by atoms with Crippen molar-refractivity contribution in [3.8, 4) is 0 Å². The van der Waals surface area contributed by atoms with Gasteiger partial charge >= 0.3 is 0 Å². The number of ether oxygens (including phenoxy) is 2. The first-order valence-electron chi connectivity index (χ1n) is 4.18. The fourth-order valence-corrected chi connectivity index (χ4v) is 1.23. The highest BCUT2D eigenvalue weighted by Gasteiger charge is 2.32. The summed E-state index contributed by atoms with van der Waals surface area (Å²) in [5.74, 6) is -0.733. The number of amides is 1. The Hall–Kier alpha value is -0.320. The van der Waals surface area contributed by atoms with Crippen LogP contribution >= 0.6 is 11.6 Å². The molecule has 1 N–H and O–H groups in total. The normalized spacial score (nSPS) is 25.9. The molecule has 1 amide bonds. The standard InChI is InChI=1S/C8H14ClNO3/c1-8(2)12-5-6(13-8)4-10-7(11)3-9/h6H,3-5H2,1-2H3,(H,10,11). The molecule has 1 aliphatic heterocycles. The van der Waals surface area contributed by atoms with Crippen molar-refractivity contribution in [1.29, 1.82) is 0 Å². The first-order chi connectivity index (χ1) is 6.03. The quantitative estimate of drug-likeness (QED) is 0.686. The van der Waals surface area contributed by atoms with Gasteiger partial charge in [0.25, 0.3) is 0 Å². The summed E-state index contributed by atoms with van der Waals surface area (Å²) in [5, 5.41) is 2.64. The molecule has 0 aromatic carbocycles. The lowest BCUT2D eigenvalue weighted by Gasteiger charge is -2.17. The van der Waals surface area contributed by atoms with Crippen LogP contribution in [0.5, 0.6) is 0 Å². The molecule has 0 saturated carbocycles. The molecule has 4 nitrogen and oxygen atoms in total. The van der Waals surface area contributed by atoms with Gasteiger partial charge in [-0.25, -0.2) is 0 Å². The molecule has 1 heterocycles. The van der Waals surface area contributed by atoms with Crippen molar-refractivity contribution in [2.45, 2.75) is 25.7 Å². The van der Waals surface area contributed by atoms with Crippen LogP contribution in [0.4, 0.5) is 0 Å². The van der Waals surface area contributed by atoms with Gasteiger partial charge in [0.05, 0.1) is 6.61 Å². The summed E-state index contributed by atoms with van der Waals surface area (Å²) in [4.78, 5) is 10.8. The maximum absolute atomic E-state index is 10.8. The maximum Gasteiger partial charge on any atom is 0.235 e. The Balaban J connectivity index is 2.21. The van der Waals surface area contributed by atoms with E-state index in [-0.39, 0.29) is 17.9 Å². The van der Waals surface area contributed by atoms with Crippen molar-refractivity contribution in [2.75, 3.05) is 19.0 Å². The third-order valence-electron chi connectivity index (χ3n) is 1.72. The molecule has 0 aromatic rings. The van der Waals surface area contributed by atoms with Gasteiger partial charge in [0.15, 0.2) is 5.79 Å². The number of carbonyl (C=O) groups is 1. The summed E-state index contributed by atoms with van der Waals surface area (Å²) < 4.78 is 10.8. The van der Waals surface area contributed by atoms with Gasteiger partial charge in [-0.2, -0.15) is 0 Å². The monoisotopic (exact) mass is 207 g/mol. The lowest BCUT2D eigenvalue weighted by atomic mass is 10.3. The number of carbonyl (C=O) groups excluding carboxylic acids is 1.